The van der Waals surface area contributed by atoms with Gasteiger partial charge in [-0.2, -0.15) is 0 Å². The molecule has 0 aromatic heterocycles. The lowest BCUT2D eigenvalue weighted by atomic mass is 10.3. The Labute approximate surface area is 123 Å². The van der Waals surface area contributed by atoms with Gasteiger partial charge in [-0.15, -0.1) is 11.8 Å². The van der Waals surface area contributed by atoms with E-state index in [0.717, 1.165) is 4.90 Å². The van der Waals surface area contributed by atoms with E-state index < -0.39 is 16.1 Å². The average Bonchev–Trinajstić information content (AvgIpc) is 2.29. The van der Waals surface area contributed by atoms with E-state index in [1.807, 2.05) is 16.9 Å². The van der Waals surface area contributed by atoms with Crippen molar-refractivity contribution >= 4 is 33.5 Å². The summed E-state index contributed by atoms with van der Waals surface area (Å²) in [7, 11) is -3.61. The average molecular weight is 317 g/mol. The number of nitrogen functional groups attached to an aromatic ring is 1. The van der Waals surface area contributed by atoms with Gasteiger partial charge in [0.15, 0.2) is 0 Å². The number of urea groups is 1. The van der Waals surface area contributed by atoms with E-state index in [1.54, 1.807) is 26.0 Å². The minimum Gasteiger partial charge on any atom is -0.399 e. The Morgan fingerprint density at radius 2 is 1.90 bits per heavy atom. The topological polar surface area (TPSA) is 101 Å². The largest absolute Gasteiger partial charge is 0.399 e. The van der Waals surface area contributed by atoms with Crippen LogP contribution in [0.15, 0.2) is 29.2 Å². The molecule has 4 N–H and O–H groups in total. The molecular weight excluding hydrogens is 298 g/mol. The van der Waals surface area contributed by atoms with Crippen LogP contribution >= 0.6 is 11.8 Å². The number of amides is 2. The molecule has 0 unspecified atom stereocenters. The molecule has 8 heteroatoms. The summed E-state index contributed by atoms with van der Waals surface area (Å²) in [5, 5.41) is 2.46. The summed E-state index contributed by atoms with van der Waals surface area (Å²) in [6.07, 6.45) is 0. The van der Waals surface area contributed by atoms with Crippen LogP contribution in [-0.4, -0.2) is 32.0 Å². The number of benzene rings is 1. The van der Waals surface area contributed by atoms with Crippen molar-refractivity contribution in [1.82, 2.24) is 10.0 Å². The number of sulfonamides is 1. The van der Waals surface area contributed by atoms with E-state index in [-0.39, 0.29) is 11.8 Å². The Morgan fingerprint density at radius 1 is 1.30 bits per heavy atom. The Balaban J connectivity index is 2.40. The molecule has 1 aromatic carbocycles. The fourth-order valence-electron chi connectivity index (χ4n) is 1.32. The Kier molecular flexibility index (Phi) is 6.15. The molecule has 0 radical (unpaired) electrons. The van der Waals surface area contributed by atoms with Gasteiger partial charge in [0.1, 0.15) is 0 Å². The smallest absolute Gasteiger partial charge is 0.328 e. The van der Waals surface area contributed by atoms with Crippen molar-refractivity contribution in [3.63, 3.8) is 0 Å². The summed E-state index contributed by atoms with van der Waals surface area (Å²) >= 11 is 1.39. The third kappa shape index (κ3) is 6.67. The highest BCUT2D eigenvalue weighted by Gasteiger charge is 2.14. The Hall–Kier alpha value is -1.41. The van der Waals surface area contributed by atoms with E-state index in [9.17, 15) is 13.2 Å². The molecule has 0 bridgehead atoms. The summed E-state index contributed by atoms with van der Waals surface area (Å²) in [4.78, 5) is 12.2. The molecule has 0 heterocycles. The minimum absolute atomic E-state index is 0.116. The monoisotopic (exact) mass is 317 g/mol. The molecule has 0 saturated carbocycles. The second kappa shape index (κ2) is 7.39. The molecule has 0 fully saturated rings. The number of carbonyl (C=O) groups is 1. The van der Waals surface area contributed by atoms with Crippen molar-refractivity contribution in [3.8, 4) is 0 Å². The highest BCUT2D eigenvalue weighted by molar-refractivity contribution is 8.00. The summed E-state index contributed by atoms with van der Waals surface area (Å²) < 4.78 is 25.3. The van der Waals surface area contributed by atoms with Crippen LogP contribution in [0.25, 0.3) is 0 Å². The summed E-state index contributed by atoms with van der Waals surface area (Å²) in [5.74, 6) is 0.224. The molecule has 1 rings (SSSR count). The molecule has 0 saturated heterocycles. The van der Waals surface area contributed by atoms with Crippen molar-refractivity contribution < 1.29 is 13.2 Å². The third-order valence-corrected chi connectivity index (χ3v) is 4.68. The van der Waals surface area contributed by atoms with Gasteiger partial charge in [0.25, 0.3) is 0 Å². The molecule has 20 heavy (non-hydrogen) atoms. The van der Waals surface area contributed by atoms with Gasteiger partial charge >= 0.3 is 6.03 Å². The molecule has 6 nitrogen and oxygen atoms in total. The first-order chi connectivity index (χ1) is 9.28. The molecule has 0 aliphatic rings. The van der Waals surface area contributed by atoms with Gasteiger partial charge in [0, 0.05) is 22.4 Å². The van der Waals surface area contributed by atoms with Crippen LogP contribution in [0.5, 0.6) is 0 Å². The number of hydrogen-bond acceptors (Lipinski definition) is 5. The lowest BCUT2D eigenvalue weighted by Crippen LogP contribution is -2.43. The van der Waals surface area contributed by atoms with E-state index in [2.05, 4.69) is 5.32 Å². The zero-order chi connectivity index (χ0) is 15.2. The van der Waals surface area contributed by atoms with Crippen molar-refractivity contribution in [2.24, 2.45) is 0 Å². The normalized spacial score (nSPS) is 11.3. The van der Waals surface area contributed by atoms with Gasteiger partial charge in [-0.3, -0.25) is 0 Å². The van der Waals surface area contributed by atoms with Crippen LogP contribution in [0.2, 0.25) is 0 Å². The SMILES string of the molecule is CC(C)NC(=O)NS(=O)(=O)CCSc1ccc(N)cc1. The highest BCUT2D eigenvalue weighted by atomic mass is 32.2. The summed E-state index contributed by atoms with van der Waals surface area (Å²) in [5.41, 5.74) is 6.22. The number of nitrogens with one attached hydrogen (secondary N) is 2. The zero-order valence-corrected chi connectivity index (χ0v) is 13.1. The number of anilines is 1. The fourth-order valence-corrected chi connectivity index (χ4v) is 3.54. The molecule has 0 aliphatic carbocycles. The predicted molar refractivity (Wildman–Crippen MR) is 82.2 cm³/mol. The van der Waals surface area contributed by atoms with Crippen LogP contribution in [0.3, 0.4) is 0 Å². The van der Waals surface area contributed by atoms with Crippen LogP contribution in [0.4, 0.5) is 10.5 Å². The minimum atomic E-state index is -3.61. The van der Waals surface area contributed by atoms with Gasteiger partial charge in [-0.05, 0) is 38.1 Å². The second-order valence-corrected chi connectivity index (χ2v) is 7.48. The van der Waals surface area contributed by atoms with E-state index in [0.29, 0.717) is 11.4 Å². The van der Waals surface area contributed by atoms with Crippen LogP contribution in [0.1, 0.15) is 13.8 Å². The highest BCUT2D eigenvalue weighted by Crippen LogP contribution is 2.19. The summed E-state index contributed by atoms with van der Waals surface area (Å²) in [6.45, 7) is 3.51. The Morgan fingerprint density at radius 3 is 2.45 bits per heavy atom. The van der Waals surface area contributed by atoms with E-state index in [4.69, 9.17) is 5.73 Å². The van der Waals surface area contributed by atoms with Gasteiger partial charge in [0.2, 0.25) is 10.0 Å². The lowest BCUT2D eigenvalue weighted by Gasteiger charge is -2.10. The van der Waals surface area contributed by atoms with Crippen molar-refractivity contribution in [2.75, 3.05) is 17.2 Å². The van der Waals surface area contributed by atoms with Gasteiger partial charge in [-0.1, -0.05) is 0 Å². The van der Waals surface area contributed by atoms with Gasteiger partial charge in [-0.25, -0.2) is 17.9 Å². The quantitative estimate of drug-likeness (QED) is 0.544. The summed E-state index contributed by atoms with van der Waals surface area (Å²) in [6, 6.07) is 6.35. The van der Waals surface area contributed by atoms with Crippen LogP contribution in [-0.2, 0) is 10.0 Å². The first-order valence-corrected chi connectivity index (χ1v) is 8.71. The van der Waals surface area contributed by atoms with E-state index >= 15 is 0 Å². The first-order valence-electron chi connectivity index (χ1n) is 6.08. The molecule has 2 amide bonds. The standard InChI is InChI=1S/C12H19N3O3S2/c1-9(2)14-12(16)15-20(17,18)8-7-19-11-5-3-10(13)4-6-11/h3-6,9H,7-8,13H2,1-2H3,(H2,14,15,16). The molecule has 0 atom stereocenters. The third-order valence-electron chi connectivity index (χ3n) is 2.17. The van der Waals surface area contributed by atoms with Crippen molar-refractivity contribution in [1.29, 1.82) is 0 Å². The van der Waals surface area contributed by atoms with Crippen LogP contribution in [0, 0.1) is 0 Å². The lowest BCUT2D eigenvalue weighted by molar-refractivity contribution is 0.243. The second-order valence-electron chi connectivity index (χ2n) is 4.47. The molecule has 0 spiro atoms. The Bertz CT molecular complexity index is 542. The maximum Gasteiger partial charge on any atom is 0.328 e. The maximum atomic E-state index is 11.7. The number of rotatable bonds is 6. The predicted octanol–water partition coefficient (Wildman–Crippen LogP) is 1.40. The number of hydrogen-bond donors (Lipinski definition) is 3. The van der Waals surface area contributed by atoms with Crippen LogP contribution < -0.4 is 15.8 Å². The molecule has 112 valence electrons. The van der Waals surface area contributed by atoms with Gasteiger partial charge < -0.3 is 11.1 Å². The number of thioether (sulfide) groups is 1. The first kappa shape index (κ1) is 16.6. The molecular formula is C12H19N3O3S2. The number of nitrogens with two attached hydrogens (primary N) is 1. The van der Waals surface area contributed by atoms with Crippen molar-refractivity contribution in [3.05, 3.63) is 24.3 Å². The molecule has 0 aliphatic heterocycles. The molecule has 1 aromatic rings. The fraction of sp³-hybridized carbons (Fsp3) is 0.417. The van der Waals surface area contributed by atoms with Gasteiger partial charge in [0.05, 0.1) is 5.75 Å². The number of carbonyl (C=O) groups excluding carboxylic acids is 1. The van der Waals surface area contributed by atoms with E-state index in [1.165, 1.54) is 11.8 Å². The maximum absolute atomic E-state index is 11.7. The van der Waals surface area contributed by atoms with Crippen molar-refractivity contribution in [2.45, 2.75) is 24.8 Å². The zero-order valence-electron chi connectivity index (χ0n) is 11.4.